The number of allylic oxidation sites excluding steroid dienone is 1. The third-order valence-electron chi connectivity index (χ3n) is 4.62. The van der Waals surface area contributed by atoms with Gasteiger partial charge in [-0.05, 0) is 31.5 Å². The number of aliphatic hydroxyl groups is 1. The summed E-state index contributed by atoms with van der Waals surface area (Å²) in [6.07, 6.45) is 3.70. The average molecular weight is 451 g/mol. The largest absolute Gasteiger partial charge is 0.482 e. The number of benzene rings is 1. The van der Waals surface area contributed by atoms with Gasteiger partial charge in [-0.2, -0.15) is 0 Å². The Labute approximate surface area is 185 Å². The number of nitrogens with one attached hydrogen (secondary N) is 1. The lowest BCUT2D eigenvalue weighted by Gasteiger charge is -2.18. The average Bonchev–Trinajstić information content (AvgIpc) is 2.74. The summed E-state index contributed by atoms with van der Waals surface area (Å²) in [6.45, 7) is 6.23. The third kappa shape index (κ3) is 6.98. The van der Waals surface area contributed by atoms with Crippen LogP contribution in [0.5, 0.6) is 5.75 Å². The van der Waals surface area contributed by atoms with Gasteiger partial charge in [-0.25, -0.2) is 18.2 Å². The topological polar surface area (TPSA) is 75.9 Å². The molecule has 32 heavy (non-hydrogen) atoms. The molecule has 0 saturated carbocycles. The Bertz CT molecular complexity index is 1000. The first-order valence-electron chi connectivity index (χ1n) is 10.3. The van der Waals surface area contributed by atoms with Crippen LogP contribution in [0.3, 0.4) is 0 Å². The highest BCUT2D eigenvalue weighted by molar-refractivity contribution is 5.76. The smallest absolute Gasteiger partial charge is 0.240 e. The molecule has 0 spiro atoms. The summed E-state index contributed by atoms with van der Waals surface area (Å²) in [6, 6.07) is 4.03. The van der Waals surface area contributed by atoms with E-state index in [1.807, 2.05) is 6.92 Å². The quantitative estimate of drug-likeness (QED) is 0.548. The SMILES string of the molecule is C=C(C)N=c1c(OCc2c(F)cccc2F)c(F)ccn1CC(=O)N[C@@H](CO)CCCC. The van der Waals surface area contributed by atoms with Crippen molar-refractivity contribution in [1.29, 1.82) is 0 Å². The number of carbonyl (C=O) groups is 1. The van der Waals surface area contributed by atoms with Crippen LogP contribution in [0.1, 0.15) is 38.7 Å². The monoisotopic (exact) mass is 451 g/mol. The fourth-order valence-corrected chi connectivity index (χ4v) is 3.00. The minimum absolute atomic E-state index is 0.0569. The minimum Gasteiger partial charge on any atom is -0.482 e. The van der Waals surface area contributed by atoms with Gasteiger partial charge in [0.2, 0.25) is 5.91 Å². The second-order valence-electron chi connectivity index (χ2n) is 7.37. The Hall–Kier alpha value is -3.07. The fraction of sp³-hybridized carbons (Fsp3) is 0.391. The molecular weight excluding hydrogens is 423 g/mol. The van der Waals surface area contributed by atoms with Crippen molar-refractivity contribution < 1.29 is 27.8 Å². The van der Waals surface area contributed by atoms with Gasteiger partial charge in [-0.15, -0.1) is 0 Å². The number of hydrogen-bond donors (Lipinski definition) is 2. The van der Waals surface area contributed by atoms with Crippen molar-refractivity contribution in [3.8, 4) is 5.75 Å². The van der Waals surface area contributed by atoms with E-state index in [0.29, 0.717) is 12.1 Å². The molecule has 0 aliphatic rings. The fourth-order valence-electron chi connectivity index (χ4n) is 3.00. The predicted octanol–water partition coefficient (Wildman–Crippen LogP) is 3.59. The Morgan fingerprint density at radius 2 is 1.94 bits per heavy atom. The van der Waals surface area contributed by atoms with Gasteiger partial charge in [0.1, 0.15) is 24.8 Å². The first-order valence-corrected chi connectivity index (χ1v) is 10.3. The van der Waals surface area contributed by atoms with Gasteiger partial charge in [0.15, 0.2) is 17.1 Å². The highest BCUT2D eigenvalue weighted by atomic mass is 19.1. The lowest BCUT2D eigenvalue weighted by molar-refractivity contribution is -0.122. The van der Waals surface area contributed by atoms with Crippen LogP contribution in [-0.4, -0.2) is 28.2 Å². The molecule has 0 unspecified atom stereocenters. The second-order valence-corrected chi connectivity index (χ2v) is 7.37. The highest BCUT2D eigenvalue weighted by Gasteiger charge is 2.17. The first kappa shape index (κ1) is 25.2. The molecule has 0 aliphatic heterocycles. The number of ether oxygens (including phenoxy) is 1. The van der Waals surface area contributed by atoms with Gasteiger partial charge in [0.05, 0.1) is 18.2 Å². The molecule has 9 heteroatoms. The number of halogens is 3. The molecule has 6 nitrogen and oxygen atoms in total. The van der Waals surface area contributed by atoms with Crippen molar-refractivity contribution >= 4 is 5.91 Å². The molecule has 2 N–H and O–H groups in total. The van der Waals surface area contributed by atoms with Gasteiger partial charge in [-0.3, -0.25) is 4.79 Å². The van der Waals surface area contributed by atoms with Gasteiger partial charge >= 0.3 is 0 Å². The minimum atomic E-state index is -0.825. The van der Waals surface area contributed by atoms with E-state index in [4.69, 9.17) is 4.74 Å². The molecule has 0 aliphatic carbocycles. The number of rotatable bonds is 11. The molecular formula is C23H28F3N3O3. The maximum absolute atomic E-state index is 14.6. The van der Waals surface area contributed by atoms with Crippen LogP contribution in [0, 0.1) is 17.5 Å². The Morgan fingerprint density at radius 1 is 1.25 bits per heavy atom. The summed E-state index contributed by atoms with van der Waals surface area (Å²) in [7, 11) is 0. The van der Waals surface area contributed by atoms with Crippen LogP contribution in [0.15, 0.2) is 47.7 Å². The molecule has 1 aromatic heterocycles. The maximum atomic E-state index is 14.6. The Kier molecular flexibility index (Phi) is 9.52. The van der Waals surface area contributed by atoms with E-state index in [0.717, 1.165) is 31.0 Å². The molecule has 1 atom stereocenters. The molecule has 1 aromatic carbocycles. The Balaban J connectivity index is 2.33. The van der Waals surface area contributed by atoms with Gasteiger partial charge < -0.3 is 19.7 Å². The van der Waals surface area contributed by atoms with E-state index < -0.39 is 36.0 Å². The summed E-state index contributed by atoms with van der Waals surface area (Å²) >= 11 is 0. The second kappa shape index (κ2) is 12.1. The van der Waals surface area contributed by atoms with Crippen molar-refractivity contribution in [2.45, 2.75) is 52.3 Å². The van der Waals surface area contributed by atoms with Crippen molar-refractivity contribution in [2.75, 3.05) is 6.61 Å². The number of aliphatic hydroxyl groups excluding tert-OH is 1. The summed E-state index contributed by atoms with van der Waals surface area (Å²) in [5.74, 6) is -3.24. The maximum Gasteiger partial charge on any atom is 0.240 e. The molecule has 2 rings (SSSR count). The first-order chi connectivity index (χ1) is 15.3. The van der Waals surface area contributed by atoms with Crippen molar-refractivity contribution in [2.24, 2.45) is 4.99 Å². The molecule has 0 bridgehead atoms. The molecule has 0 radical (unpaired) electrons. The molecule has 1 heterocycles. The number of aromatic nitrogens is 1. The van der Waals surface area contributed by atoms with Crippen LogP contribution in [-0.2, 0) is 17.9 Å². The zero-order chi connectivity index (χ0) is 23.7. The van der Waals surface area contributed by atoms with Crippen molar-refractivity contribution in [3.05, 3.63) is 71.2 Å². The van der Waals surface area contributed by atoms with Crippen LogP contribution < -0.4 is 15.5 Å². The van der Waals surface area contributed by atoms with E-state index in [2.05, 4.69) is 16.9 Å². The molecule has 174 valence electrons. The number of unbranched alkanes of at least 4 members (excludes halogenated alkanes) is 1. The van der Waals surface area contributed by atoms with Crippen LogP contribution in [0.2, 0.25) is 0 Å². The number of nitrogens with zero attached hydrogens (tertiary/aromatic N) is 2. The lowest BCUT2D eigenvalue weighted by Crippen LogP contribution is -2.41. The van der Waals surface area contributed by atoms with Crippen molar-refractivity contribution in [3.63, 3.8) is 0 Å². The number of hydrogen-bond acceptors (Lipinski definition) is 4. The van der Waals surface area contributed by atoms with Crippen LogP contribution in [0.4, 0.5) is 13.2 Å². The van der Waals surface area contributed by atoms with Crippen LogP contribution in [0.25, 0.3) is 0 Å². The van der Waals surface area contributed by atoms with E-state index in [1.54, 1.807) is 6.92 Å². The predicted molar refractivity (Wildman–Crippen MR) is 114 cm³/mol. The summed E-state index contributed by atoms with van der Waals surface area (Å²) in [5, 5.41) is 12.2. The lowest BCUT2D eigenvalue weighted by atomic mass is 10.1. The zero-order valence-corrected chi connectivity index (χ0v) is 18.2. The molecule has 0 fully saturated rings. The van der Waals surface area contributed by atoms with Crippen LogP contribution >= 0.6 is 0 Å². The van der Waals surface area contributed by atoms with Gasteiger partial charge in [-0.1, -0.05) is 32.4 Å². The summed E-state index contributed by atoms with van der Waals surface area (Å²) < 4.78 is 49.2. The Morgan fingerprint density at radius 3 is 2.53 bits per heavy atom. The summed E-state index contributed by atoms with van der Waals surface area (Å²) in [5.41, 5.74) is -0.107. The number of pyridine rings is 1. The van der Waals surface area contributed by atoms with Crippen molar-refractivity contribution in [1.82, 2.24) is 9.88 Å². The van der Waals surface area contributed by atoms with E-state index in [1.165, 1.54) is 16.8 Å². The highest BCUT2D eigenvalue weighted by Crippen LogP contribution is 2.17. The number of amides is 1. The summed E-state index contributed by atoms with van der Waals surface area (Å²) in [4.78, 5) is 16.7. The molecule has 1 amide bonds. The van der Waals surface area contributed by atoms with Gasteiger partial charge in [0.25, 0.3) is 0 Å². The molecule has 2 aromatic rings. The van der Waals surface area contributed by atoms with E-state index in [9.17, 15) is 23.1 Å². The standard InChI is InChI=1S/C23H28F3N3O3/c1-4-5-7-16(13-30)28-21(31)12-29-11-10-20(26)22(23(29)27-15(2)3)32-14-17-18(24)8-6-9-19(17)25/h6,8-11,16,30H,2,4-5,7,12-14H2,1,3H3,(H,28,31)/t16-/m1/s1. The van der Waals surface area contributed by atoms with E-state index in [-0.39, 0.29) is 30.0 Å². The molecule has 0 saturated heterocycles. The van der Waals surface area contributed by atoms with Gasteiger partial charge in [0, 0.05) is 11.9 Å². The third-order valence-corrected chi connectivity index (χ3v) is 4.62. The van der Waals surface area contributed by atoms with E-state index >= 15 is 0 Å². The normalized spacial score (nSPS) is 12.5. The number of carbonyl (C=O) groups excluding carboxylic acids is 1. The zero-order valence-electron chi connectivity index (χ0n) is 18.2.